The van der Waals surface area contributed by atoms with E-state index in [1.165, 1.54) is 18.2 Å². The zero-order valence-electron chi connectivity index (χ0n) is 11.4. The van der Waals surface area contributed by atoms with Gasteiger partial charge in [-0.2, -0.15) is 0 Å². The molecule has 1 fully saturated rings. The molecule has 0 radical (unpaired) electrons. The highest BCUT2D eigenvalue weighted by molar-refractivity contribution is 6.01. The molecular formula is C18H20O. The van der Waals surface area contributed by atoms with Crippen molar-refractivity contribution in [1.29, 1.82) is 0 Å². The molecule has 0 heterocycles. The Bertz CT molecular complexity index is 599. The lowest BCUT2D eigenvalue weighted by Gasteiger charge is -2.25. The van der Waals surface area contributed by atoms with E-state index in [0.717, 1.165) is 23.8 Å². The second-order valence-electron chi connectivity index (χ2n) is 5.89. The van der Waals surface area contributed by atoms with Gasteiger partial charge in [0.2, 0.25) is 0 Å². The first-order valence-electron chi connectivity index (χ1n) is 7.27. The monoisotopic (exact) mass is 252 g/mol. The molecule has 0 aromatic heterocycles. The lowest BCUT2D eigenvalue weighted by Crippen LogP contribution is -2.21. The van der Waals surface area contributed by atoms with Crippen molar-refractivity contribution < 1.29 is 4.79 Å². The van der Waals surface area contributed by atoms with E-state index in [2.05, 4.69) is 31.2 Å². The van der Waals surface area contributed by atoms with E-state index in [-0.39, 0.29) is 5.92 Å². The van der Waals surface area contributed by atoms with Gasteiger partial charge in [-0.15, -0.1) is 0 Å². The lowest BCUT2D eigenvalue weighted by atomic mass is 9.78. The second-order valence-corrected chi connectivity index (χ2v) is 5.89. The Morgan fingerprint density at radius 2 is 1.84 bits per heavy atom. The molecule has 1 aliphatic rings. The number of benzene rings is 2. The SMILES string of the molecule is CC1CCCC(C(=O)c2ccc3ccccc3c2)C1. The van der Waals surface area contributed by atoms with Gasteiger partial charge >= 0.3 is 0 Å². The molecule has 2 aromatic rings. The van der Waals surface area contributed by atoms with Crippen molar-refractivity contribution >= 4 is 16.6 Å². The molecule has 1 nitrogen and oxygen atoms in total. The van der Waals surface area contributed by atoms with Gasteiger partial charge in [0.1, 0.15) is 0 Å². The van der Waals surface area contributed by atoms with E-state index in [0.29, 0.717) is 11.7 Å². The first-order chi connectivity index (χ1) is 9.24. The van der Waals surface area contributed by atoms with Crippen LogP contribution < -0.4 is 0 Å². The first kappa shape index (κ1) is 12.4. The van der Waals surface area contributed by atoms with Crippen LogP contribution in [0, 0.1) is 11.8 Å². The summed E-state index contributed by atoms with van der Waals surface area (Å²) in [7, 11) is 0. The predicted octanol–water partition coefficient (Wildman–Crippen LogP) is 4.85. The quantitative estimate of drug-likeness (QED) is 0.698. The van der Waals surface area contributed by atoms with Crippen LogP contribution in [0.5, 0.6) is 0 Å². The fraction of sp³-hybridized carbons (Fsp3) is 0.389. The van der Waals surface area contributed by atoms with Crippen LogP contribution in [0.1, 0.15) is 43.0 Å². The van der Waals surface area contributed by atoms with Crippen LogP contribution in [0.15, 0.2) is 42.5 Å². The smallest absolute Gasteiger partial charge is 0.165 e. The van der Waals surface area contributed by atoms with Crippen molar-refractivity contribution in [3.8, 4) is 0 Å². The van der Waals surface area contributed by atoms with Gasteiger partial charge < -0.3 is 0 Å². The molecule has 3 rings (SSSR count). The van der Waals surface area contributed by atoms with Crippen LogP contribution in [0.25, 0.3) is 10.8 Å². The molecule has 1 saturated carbocycles. The van der Waals surface area contributed by atoms with E-state index in [1.54, 1.807) is 0 Å². The van der Waals surface area contributed by atoms with Crippen LogP contribution in [-0.4, -0.2) is 5.78 Å². The second kappa shape index (κ2) is 5.16. The number of hydrogen-bond acceptors (Lipinski definition) is 1. The zero-order valence-corrected chi connectivity index (χ0v) is 11.4. The summed E-state index contributed by atoms with van der Waals surface area (Å²) in [6.45, 7) is 2.26. The van der Waals surface area contributed by atoms with Gasteiger partial charge in [-0.3, -0.25) is 4.79 Å². The summed E-state index contributed by atoms with van der Waals surface area (Å²) in [5, 5.41) is 2.37. The molecule has 98 valence electrons. The van der Waals surface area contributed by atoms with Crippen molar-refractivity contribution in [2.75, 3.05) is 0 Å². The molecule has 0 aliphatic heterocycles. The summed E-state index contributed by atoms with van der Waals surface area (Å²) in [6.07, 6.45) is 4.61. The minimum atomic E-state index is 0.241. The molecule has 0 N–H and O–H groups in total. The average Bonchev–Trinajstić information content (AvgIpc) is 2.46. The molecule has 0 bridgehead atoms. The summed E-state index contributed by atoms with van der Waals surface area (Å²) < 4.78 is 0. The fourth-order valence-corrected chi connectivity index (χ4v) is 3.25. The maximum atomic E-state index is 12.6. The highest BCUT2D eigenvalue weighted by atomic mass is 16.1. The van der Waals surface area contributed by atoms with Crippen molar-refractivity contribution in [3.05, 3.63) is 48.0 Å². The molecule has 2 unspecified atom stereocenters. The summed E-state index contributed by atoms with van der Waals surface area (Å²) in [4.78, 5) is 12.6. The number of ketones is 1. The number of fused-ring (bicyclic) bond motifs is 1. The number of hydrogen-bond donors (Lipinski definition) is 0. The highest BCUT2D eigenvalue weighted by Gasteiger charge is 2.25. The van der Waals surface area contributed by atoms with E-state index in [9.17, 15) is 4.79 Å². The first-order valence-corrected chi connectivity index (χ1v) is 7.27. The third-order valence-electron chi connectivity index (χ3n) is 4.34. The summed E-state index contributed by atoms with van der Waals surface area (Å²) in [5.74, 6) is 1.28. The number of carbonyl (C=O) groups excluding carboxylic acids is 1. The van der Waals surface area contributed by atoms with E-state index >= 15 is 0 Å². The lowest BCUT2D eigenvalue weighted by molar-refractivity contribution is 0.0868. The standard InChI is InChI=1S/C18H20O/c1-13-5-4-8-16(11-13)18(19)17-10-9-14-6-2-3-7-15(14)12-17/h2-3,6-7,9-10,12-13,16H,4-5,8,11H2,1H3. The molecule has 1 aliphatic carbocycles. The average molecular weight is 252 g/mol. The third kappa shape index (κ3) is 2.56. The van der Waals surface area contributed by atoms with Crippen molar-refractivity contribution in [2.24, 2.45) is 11.8 Å². The van der Waals surface area contributed by atoms with Gasteiger partial charge in [-0.25, -0.2) is 0 Å². The fourth-order valence-electron chi connectivity index (χ4n) is 3.25. The van der Waals surface area contributed by atoms with Gasteiger partial charge in [0.05, 0.1) is 0 Å². The van der Waals surface area contributed by atoms with Crippen LogP contribution >= 0.6 is 0 Å². The maximum absolute atomic E-state index is 12.6. The Balaban J connectivity index is 1.88. The van der Waals surface area contributed by atoms with Crippen LogP contribution in [-0.2, 0) is 0 Å². The van der Waals surface area contributed by atoms with E-state index < -0.39 is 0 Å². The van der Waals surface area contributed by atoms with Gasteiger partial charge in [-0.05, 0) is 35.6 Å². The molecule has 19 heavy (non-hydrogen) atoms. The Hall–Kier alpha value is -1.63. The Morgan fingerprint density at radius 1 is 1.05 bits per heavy atom. The van der Waals surface area contributed by atoms with Crippen molar-refractivity contribution in [1.82, 2.24) is 0 Å². The van der Waals surface area contributed by atoms with Crippen molar-refractivity contribution in [2.45, 2.75) is 32.6 Å². The predicted molar refractivity (Wildman–Crippen MR) is 79.4 cm³/mol. The Morgan fingerprint density at radius 3 is 2.63 bits per heavy atom. The molecule has 0 amide bonds. The normalized spacial score (nSPS) is 23.4. The summed E-state index contributed by atoms with van der Waals surface area (Å²) in [6, 6.07) is 14.3. The Kier molecular flexibility index (Phi) is 3.37. The van der Waals surface area contributed by atoms with Gasteiger partial charge in [-0.1, -0.05) is 56.2 Å². The molecule has 0 spiro atoms. The van der Waals surface area contributed by atoms with E-state index in [4.69, 9.17) is 0 Å². The van der Waals surface area contributed by atoms with Crippen LogP contribution in [0.3, 0.4) is 0 Å². The highest BCUT2D eigenvalue weighted by Crippen LogP contribution is 2.31. The Labute approximate surface area is 114 Å². The third-order valence-corrected chi connectivity index (χ3v) is 4.34. The molecule has 2 atom stereocenters. The molecular weight excluding hydrogens is 232 g/mol. The topological polar surface area (TPSA) is 17.1 Å². The number of rotatable bonds is 2. The molecule has 1 heteroatoms. The minimum absolute atomic E-state index is 0.241. The van der Waals surface area contributed by atoms with E-state index in [1.807, 2.05) is 18.2 Å². The van der Waals surface area contributed by atoms with Gasteiger partial charge in [0, 0.05) is 11.5 Å². The van der Waals surface area contributed by atoms with Crippen LogP contribution in [0.2, 0.25) is 0 Å². The number of carbonyl (C=O) groups is 1. The number of Topliss-reactive ketones (excluding diaryl/α,β-unsaturated/α-hetero) is 1. The molecule has 0 saturated heterocycles. The largest absolute Gasteiger partial charge is 0.294 e. The van der Waals surface area contributed by atoms with Crippen molar-refractivity contribution in [3.63, 3.8) is 0 Å². The maximum Gasteiger partial charge on any atom is 0.165 e. The summed E-state index contributed by atoms with van der Waals surface area (Å²) in [5.41, 5.74) is 0.887. The van der Waals surface area contributed by atoms with Crippen LogP contribution in [0.4, 0.5) is 0 Å². The molecule has 2 aromatic carbocycles. The summed E-state index contributed by atoms with van der Waals surface area (Å²) >= 11 is 0. The van der Waals surface area contributed by atoms with Gasteiger partial charge in [0.15, 0.2) is 5.78 Å². The van der Waals surface area contributed by atoms with Gasteiger partial charge in [0.25, 0.3) is 0 Å². The minimum Gasteiger partial charge on any atom is -0.294 e. The zero-order chi connectivity index (χ0) is 13.2.